The number of rotatable bonds is 3. The molecule has 0 aromatic rings. The summed E-state index contributed by atoms with van der Waals surface area (Å²) in [5.74, 6) is -0.0990. The van der Waals surface area contributed by atoms with Gasteiger partial charge < -0.3 is 10.1 Å². The highest BCUT2D eigenvalue weighted by Gasteiger charge is 2.31. The first-order valence-electron chi connectivity index (χ1n) is 3.94. The van der Waals surface area contributed by atoms with Crippen LogP contribution in [-0.2, 0) is 9.53 Å². The Balaban J connectivity index is 2.16. The predicted octanol–water partition coefficient (Wildman–Crippen LogP) is 0.549. The van der Waals surface area contributed by atoms with Crippen LogP contribution in [0.15, 0.2) is 0 Å². The maximum atomic E-state index is 10.8. The Morgan fingerprint density at radius 1 is 1.64 bits per heavy atom. The largest absolute Gasteiger partial charge is 0.469 e. The van der Waals surface area contributed by atoms with E-state index in [4.69, 9.17) is 0 Å². The van der Waals surface area contributed by atoms with Gasteiger partial charge in [0.2, 0.25) is 0 Å². The Morgan fingerprint density at radius 2 is 2.27 bits per heavy atom. The molecule has 1 rings (SSSR count). The fourth-order valence-corrected chi connectivity index (χ4v) is 1.23. The Labute approximate surface area is 67.1 Å². The maximum absolute atomic E-state index is 10.8. The Hall–Kier alpha value is -0.570. The molecule has 3 nitrogen and oxygen atoms in total. The fourth-order valence-electron chi connectivity index (χ4n) is 1.23. The van der Waals surface area contributed by atoms with Crippen LogP contribution in [0.3, 0.4) is 0 Å². The lowest BCUT2D eigenvalue weighted by Crippen LogP contribution is -2.51. The molecule has 0 bridgehead atoms. The molecule has 0 aromatic heterocycles. The number of nitrogens with one attached hydrogen (secondary N) is 1. The highest BCUT2D eigenvalue weighted by Crippen LogP contribution is 2.27. The second-order valence-electron chi connectivity index (χ2n) is 3.49. The summed E-state index contributed by atoms with van der Waals surface area (Å²) in [6.45, 7) is 4.25. The van der Waals surface area contributed by atoms with Gasteiger partial charge in [0.15, 0.2) is 0 Å². The van der Waals surface area contributed by atoms with E-state index >= 15 is 0 Å². The molecule has 0 atom stereocenters. The molecular formula is C8H15NO2. The molecule has 0 aromatic carbocycles. The van der Waals surface area contributed by atoms with E-state index in [1.54, 1.807) is 0 Å². The van der Waals surface area contributed by atoms with Crippen LogP contribution in [-0.4, -0.2) is 26.2 Å². The van der Waals surface area contributed by atoms with Crippen LogP contribution in [0.1, 0.15) is 19.8 Å². The maximum Gasteiger partial charge on any atom is 0.305 e. The van der Waals surface area contributed by atoms with Crippen molar-refractivity contribution in [1.29, 1.82) is 0 Å². The third kappa shape index (κ3) is 2.19. The van der Waals surface area contributed by atoms with Crippen LogP contribution >= 0.6 is 0 Å². The molecule has 0 saturated carbocycles. The number of esters is 1. The summed E-state index contributed by atoms with van der Waals surface area (Å²) in [6.07, 6.45) is 1.49. The van der Waals surface area contributed by atoms with E-state index in [-0.39, 0.29) is 5.97 Å². The number of carbonyl (C=O) groups excluding carboxylic acids is 1. The zero-order chi connectivity index (χ0) is 8.32. The number of hydrogen-bond acceptors (Lipinski definition) is 3. The summed E-state index contributed by atoms with van der Waals surface area (Å²) in [5.41, 5.74) is 0.341. The van der Waals surface area contributed by atoms with Crippen molar-refractivity contribution in [2.24, 2.45) is 5.41 Å². The Morgan fingerprint density at radius 3 is 2.64 bits per heavy atom. The van der Waals surface area contributed by atoms with Gasteiger partial charge in [0, 0.05) is 19.5 Å². The van der Waals surface area contributed by atoms with Gasteiger partial charge in [-0.15, -0.1) is 0 Å². The summed E-state index contributed by atoms with van der Waals surface area (Å²) >= 11 is 0. The molecule has 3 heteroatoms. The van der Waals surface area contributed by atoms with Gasteiger partial charge in [-0.3, -0.25) is 4.79 Å². The highest BCUT2D eigenvalue weighted by molar-refractivity contribution is 5.69. The minimum absolute atomic E-state index is 0.0990. The Kier molecular flexibility index (Phi) is 2.49. The molecule has 1 heterocycles. The van der Waals surface area contributed by atoms with Gasteiger partial charge in [0.1, 0.15) is 0 Å². The second-order valence-corrected chi connectivity index (χ2v) is 3.49. The van der Waals surface area contributed by atoms with Gasteiger partial charge in [-0.2, -0.15) is 0 Å². The first kappa shape index (κ1) is 8.53. The van der Waals surface area contributed by atoms with Crippen molar-refractivity contribution in [2.45, 2.75) is 19.8 Å². The molecular weight excluding hydrogens is 142 g/mol. The highest BCUT2D eigenvalue weighted by atomic mass is 16.5. The van der Waals surface area contributed by atoms with Crippen molar-refractivity contribution in [2.75, 3.05) is 20.2 Å². The lowest BCUT2D eigenvalue weighted by Gasteiger charge is -2.39. The zero-order valence-corrected chi connectivity index (χ0v) is 7.14. The van der Waals surface area contributed by atoms with Gasteiger partial charge in [-0.05, 0) is 11.8 Å². The van der Waals surface area contributed by atoms with Crippen LogP contribution < -0.4 is 5.32 Å². The van der Waals surface area contributed by atoms with Gasteiger partial charge in [-0.1, -0.05) is 6.92 Å². The van der Waals surface area contributed by atoms with Crippen LogP contribution in [0, 0.1) is 5.41 Å². The molecule has 1 aliphatic heterocycles. The minimum atomic E-state index is -0.0990. The van der Waals surface area contributed by atoms with Crippen LogP contribution in [0.4, 0.5) is 0 Å². The molecule has 1 saturated heterocycles. The number of ether oxygens (including phenoxy) is 1. The molecule has 0 spiro atoms. The minimum Gasteiger partial charge on any atom is -0.469 e. The molecule has 0 aliphatic carbocycles. The first-order chi connectivity index (χ1) is 5.16. The van der Waals surface area contributed by atoms with Crippen LogP contribution in [0.25, 0.3) is 0 Å². The predicted molar refractivity (Wildman–Crippen MR) is 42.2 cm³/mol. The molecule has 1 fully saturated rings. The van der Waals surface area contributed by atoms with E-state index < -0.39 is 0 Å². The zero-order valence-electron chi connectivity index (χ0n) is 7.14. The van der Waals surface area contributed by atoms with Gasteiger partial charge >= 0.3 is 5.97 Å². The SMILES string of the molecule is COC(=O)CCC1(C)CNC1. The van der Waals surface area contributed by atoms with Crippen molar-refractivity contribution in [1.82, 2.24) is 5.32 Å². The average Bonchev–Trinajstić information content (AvgIpc) is 1.96. The number of hydrogen-bond donors (Lipinski definition) is 1. The average molecular weight is 157 g/mol. The van der Waals surface area contributed by atoms with E-state index in [0.717, 1.165) is 19.5 Å². The van der Waals surface area contributed by atoms with Gasteiger partial charge in [0.05, 0.1) is 7.11 Å². The van der Waals surface area contributed by atoms with Crippen LogP contribution in [0.2, 0.25) is 0 Å². The van der Waals surface area contributed by atoms with E-state index in [0.29, 0.717) is 11.8 Å². The summed E-state index contributed by atoms with van der Waals surface area (Å²) in [5, 5.41) is 3.19. The molecule has 0 radical (unpaired) electrons. The molecule has 11 heavy (non-hydrogen) atoms. The third-order valence-electron chi connectivity index (χ3n) is 2.26. The van der Waals surface area contributed by atoms with E-state index in [1.165, 1.54) is 7.11 Å². The summed E-state index contributed by atoms with van der Waals surface area (Å²) in [4.78, 5) is 10.8. The molecule has 0 unspecified atom stereocenters. The smallest absolute Gasteiger partial charge is 0.305 e. The molecule has 64 valence electrons. The third-order valence-corrected chi connectivity index (χ3v) is 2.26. The van der Waals surface area contributed by atoms with E-state index in [2.05, 4.69) is 17.0 Å². The van der Waals surface area contributed by atoms with Gasteiger partial charge in [0.25, 0.3) is 0 Å². The molecule has 0 amide bonds. The van der Waals surface area contributed by atoms with E-state index in [9.17, 15) is 4.79 Å². The fraction of sp³-hybridized carbons (Fsp3) is 0.875. The van der Waals surface area contributed by atoms with Crippen molar-refractivity contribution in [3.63, 3.8) is 0 Å². The summed E-state index contributed by atoms with van der Waals surface area (Å²) < 4.78 is 4.55. The standard InChI is InChI=1S/C8H15NO2/c1-8(5-9-6-8)4-3-7(10)11-2/h9H,3-6H2,1-2H3. The van der Waals surface area contributed by atoms with Crippen molar-refractivity contribution < 1.29 is 9.53 Å². The first-order valence-corrected chi connectivity index (χ1v) is 3.94. The monoisotopic (exact) mass is 157 g/mol. The number of carbonyl (C=O) groups is 1. The number of methoxy groups -OCH3 is 1. The summed E-state index contributed by atoms with van der Waals surface area (Å²) in [7, 11) is 1.43. The normalized spacial score (nSPS) is 20.5. The van der Waals surface area contributed by atoms with Crippen LogP contribution in [0.5, 0.6) is 0 Å². The van der Waals surface area contributed by atoms with Crippen molar-refractivity contribution in [3.8, 4) is 0 Å². The topological polar surface area (TPSA) is 38.3 Å². The molecule has 1 N–H and O–H groups in total. The summed E-state index contributed by atoms with van der Waals surface area (Å²) in [6, 6.07) is 0. The molecule has 1 aliphatic rings. The van der Waals surface area contributed by atoms with Crippen molar-refractivity contribution in [3.05, 3.63) is 0 Å². The Bertz CT molecular complexity index is 152. The van der Waals surface area contributed by atoms with E-state index in [1.807, 2.05) is 0 Å². The van der Waals surface area contributed by atoms with Gasteiger partial charge in [-0.25, -0.2) is 0 Å². The second kappa shape index (κ2) is 3.22. The lowest BCUT2D eigenvalue weighted by atomic mass is 9.80. The lowest BCUT2D eigenvalue weighted by molar-refractivity contribution is -0.141. The quantitative estimate of drug-likeness (QED) is 0.608. The van der Waals surface area contributed by atoms with Crippen molar-refractivity contribution >= 4 is 5.97 Å².